The summed E-state index contributed by atoms with van der Waals surface area (Å²) in [6, 6.07) is 8.34. The molecule has 1 amide bonds. The van der Waals surface area contributed by atoms with Crippen LogP contribution in [0, 0.1) is 0 Å². The van der Waals surface area contributed by atoms with Gasteiger partial charge in [0.1, 0.15) is 5.75 Å². The molecule has 0 atom stereocenters. The van der Waals surface area contributed by atoms with Crippen LogP contribution < -0.4 is 4.74 Å². The number of amides is 1. The summed E-state index contributed by atoms with van der Waals surface area (Å²) in [4.78, 5) is 14.5. The predicted molar refractivity (Wildman–Crippen MR) is 72.5 cm³/mol. The number of likely N-dealkylation sites (tertiary alicyclic amines) is 1. The van der Waals surface area contributed by atoms with Crippen LogP contribution in [0.15, 0.2) is 24.3 Å². The van der Waals surface area contributed by atoms with Crippen LogP contribution in [0.4, 0.5) is 4.79 Å². The molecule has 1 N–H and O–H groups in total. The number of rotatable bonds is 5. The van der Waals surface area contributed by atoms with Gasteiger partial charge in [-0.3, -0.25) is 4.90 Å². The van der Waals surface area contributed by atoms with Gasteiger partial charge in [-0.2, -0.15) is 0 Å². The van der Waals surface area contributed by atoms with Gasteiger partial charge in [-0.15, -0.1) is 0 Å². The standard InChI is InChI=1S/C14H20N2O3/c1-3-15(12-9-16(10-12)14(17)18)8-11-4-6-13(19-2)7-5-11/h4-7,12H,3,8-10H2,1-2H3,(H,17,18). The first kappa shape index (κ1) is 13.7. The lowest BCUT2D eigenvalue weighted by molar-refractivity contribution is 0.0353. The highest BCUT2D eigenvalue weighted by atomic mass is 16.5. The average molecular weight is 264 g/mol. The summed E-state index contributed by atoms with van der Waals surface area (Å²) >= 11 is 0. The minimum atomic E-state index is -0.822. The first-order chi connectivity index (χ1) is 9.13. The van der Waals surface area contributed by atoms with Crippen LogP contribution >= 0.6 is 0 Å². The van der Waals surface area contributed by atoms with Gasteiger partial charge in [0.05, 0.1) is 7.11 Å². The van der Waals surface area contributed by atoms with Crippen LogP contribution in [0.2, 0.25) is 0 Å². The van der Waals surface area contributed by atoms with E-state index in [4.69, 9.17) is 9.84 Å². The van der Waals surface area contributed by atoms with Crippen molar-refractivity contribution in [3.8, 4) is 5.75 Å². The van der Waals surface area contributed by atoms with Gasteiger partial charge in [-0.1, -0.05) is 19.1 Å². The van der Waals surface area contributed by atoms with Crippen molar-refractivity contribution in [3.63, 3.8) is 0 Å². The lowest BCUT2D eigenvalue weighted by Crippen LogP contribution is -2.60. The normalized spacial score (nSPS) is 15.4. The van der Waals surface area contributed by atoms with Crippen molar-refractivity contribution < 1.29 is 14.6 Å². The Labute approximate surface area is 113 Å². The molecule has 0 unspecified atom stereocenters. The fraction of sp³-hybridized carbons (Fsp3) is 0.500. The van der Waals surface area contributed by atoms with Crippen molar-refractivity contribution in [1.82, 2.24) is 9.80 Å². The number of ether oxygens (including phenoxy) is 1. The quantitative estimate of drug-likeness (QED) is 0.882. The van der Waals surface area contributed by atoms with E-state index in [1.807, 2.05) is 12.1 Å². The third kappa shape index (κ3) is 3.17. The van der Waals surface area contributed by atoms with E-state index in [1.54, 1.807) is 7.11 Å². The van der Waals surface area contributed by atoms with Crippen molar-refractivity contribution >= 4 is 6.09 Å². The Hall–Kier alpha value is -1.75. The van der Waals surface area contributed by atoms with Crippen molar-refractivity contribution in [3.05, 3.63) is 29.8 Å². The zero-order valence-electron chi connectivity index (χ0n) is 11.4. The largest absolute Gasteiger partial charge is 0.497 e. The van der Waals surface area contributed by atoms with Crippen LogP contribution in [-0.2, 0) is 6.54 Å². The molecule has 0 aliphatic carbocycles. The maximum atomic E-state index is 10.8. The van der Waals surface area contributed by atoms with Crippen LogP contribution in [0.1, 0.15) is 12.5 Å². The number of methoxy groups -OCH3 is 1. The maximum Gasteiger partial charge on any atom is 0.407 e. The van der Waals surface area contributed by atoms with Crippen molar-refractivity contribution in [2.45, 2.75) is 19.5 Å². The Morgan fingerprint density at radius 3 is 2.53 bits per heavy atom. The number of carboxylic acid groups (broad SMARTS) is 1. The number of hydrogen-bond acceptors (Lipinski definition) is 3. The van der Waals surface area contributed by atoms with Gasteiger partial charge in [-0.25, -0.2) is 4.79 Å². The molecule has 104 valence electrons. The van der Waals surface area contributed by atoms with Crippen molar-refractivity contribution in [2.24, 2.45) is 0 Å². The molecule has 1 heterocycles. The maximum absolute atomic E-state index is 10.8. The van der Waals surface area contributed by atoms with E-state index >= 15 is 0 Å². The van der Waals surface area contributed by atoms with E-state index in [9.17, 15) is 4.79 Å². The summed E-state index contributed by atoms with van der Waals surface area (Å²) in [6.07, 6.45) is -0.822. The fourth-order valence-corrected chi connectivity index (χ4v) is 2.31. The summed E-state index contributed by atoms with van der Waals surface area (Å²) in [5.74, 6) is 0.854. The third-order valence-corrected chi connectivity index (χ3v) is 3.60. The van der Waals surface area contributed by atoms with Gasteiger partial charge in [0.25, 0.3) is 0 Å². The molecule has 0 bridgehead atoms. The molecule has 1 aliphatic rings. The summed E-state index contributed by atoms with van der Waals surface area (Å²) < 4.78 is 5.14. The number of carbonyl (C=O) groups is 1. The van der Waals surface area contributed by atoms with Gasteiger partial charge in [0.15, 0.2) is 0 Å². The molecule has 1 aromatic rings. The molecule has 5 heteroatoms. The second kappa shape index (κ2) is 5.93. The number of likely N-dealkylation sites (N-methyl/N-ethyl adjacent to an activating group) is 1. The number of benzene rings is 1. The summed E-state index contributed by atoms with van der Waals surface area (Å²) in [6.45, 7) is 5.09. The molecule has 5 nitrogen and oxygen atoms in total. The fourth-order valence-electron chi connectivity index (χ4n) is 2.31. The zero-order chi connectivity index (χ0) is 13.8. The summed E-state index contributed by atoms with van der Waals surface area (Å²) in [5.41, 5.74) is 1.22. The third-order valence-electron chi connectivity index (χ3n) is 3.60. The zero-order valence-corrected chi connectivity index (χ0v) is 11.4. The second-order valence-electron chi connectivity index (χ2n) is 4.75. The van der Waals surface area contributed by atoms with E-state index in [0.29, 0.717) is 19.1 Å². The van der Waals surface area contributed by atoms with Gasteiger partial charge in [0.2, 0.25) is 0 Å². The van der Waals surface area contributed by atoms with E-state index in [1.165, 1.54) is 10.5 Å². The summed E-state index contributed by atoms with van der Waals surface area (Å²) in [7, 11) is 1.65. The molecule has 0 aromatic heterocycles. The minimum absolute atomic E-state index is 0.336. The first-order valence-electron chi connectivity index (χ1n) is 6.49. The van der Waals surface area contributed by atoms with Crippen molar-refractivity contribution in [2.75, 3.05) is 26.7 Å². The van der Waals surface area contributed by atoms with Gasteiger partial charge in [0, 0.05) is 25.7 Å². The molecule has 0 saturated carbocycles. The Kier molecular flexibility index (Phi) is 4.27. The number of nitrogens with zero attached hydrogens (tertiary/aromatic N) is 2. The Bertz CT molecular complexity index is 427. The molecular weight excluding hydrogens is 244 g/mol. The molecule has 19 heavy (non-hydrogen) atoms. The van der Waals surface area contributed by atoms with E-state index in [-0.39, 0.29) is 0 Å². The highest BCUT2D eigenvalue weighted by Gasteiger charge is 2.33. The van der Waals surface area contributed by atoms with Gasteiger partial charge >= 0.3 is 6.09 Å². The highest BCUT2D eigenvalue weighted by molar-refractivity contribution is 5.66. The molecule has 0 spiro atoms. The topological polar surface area (TPSA) is 53.0 Å². The SMILES string of the molecule is CCN(Cc1ccc(OC)cc1)C1CN(C(=O)O)C1. The molecule has 1 saturated heterocycles. The van der Waals surface area contributed by atoms with Gasteiger partial charge < -0.3 is 14.7 Å². The monoisotopic (exact) mass is 264 g/mol. The Morgan fingerprint density at radius 1 is 1.42 bits per heavy atom. The van der Waals surface area contributed by atoms with Crippen LogP contribution in [-0.4, -0.2) is 53.8 Å². The lowest BCUT2D eigenvalue weighted by Gasteiger charge is -2.43. The Balaban J connectivity index is 1.90. The van der Waals surface area contributed by atoms with E-state index < -0.39 is 6.09 Å². The second-order valence-corrected chi connectivity index (χ2v) is 4.75. The predicted octanol–water partition coefficient (Wildman–Crippen LogP) is 1.88. The average Bonchev–Trinajstić information content (AvgIpc) is 2.36. The van der Waals surface area contributed by atoms with E-state index in [2.05, 4.69) is 24.0 Å². The van der Waals surface area contributed by atoms with Crippen LogP contribution in [0.3, 0.4) is 0 Å². The first-order valence-corrected chi connectivity index (χ1v) is 6.49. The smallest absolute Gasteiger partial charge is 0.407 e. The van der Waals surface area contributed by atoms with Crippen LogP contribution in [0.25, 0.3) is 0 Å². The van der Waals surface area contributed by atoms with Crippen molar-refractivity contribution in [1.29, 1.82) is 0 Å². The highest BCUT2D eigenvalue weighted by Crippen LogP contribution is 2.19. The molecule has 1 aliphatic heterocycles. The number of hydrogen-bond donors (Lipinski definition) is 1. The van der Waals surface area contributed by atoms with E-state index in [0.717, 1.165) is 18.8 Å². The molecule has 1 aromatic carbocycles. The Morgan fingerprint density at radius 2 is 2.05 bits per heavy atom. The molecular formula is C14H20N2O3. The summed E-state index contributed by atoms with van der Waals surface area (Å²) in [5, 5.41) is 8.85. The minimum Gasteiger partial charge on any atom is -0.497 e. The molecule has 0 radical (unpaired) electrons. The molecule has 2 rings (SSSR count). The van der Waals surface area contributed by atoms with Crippen LogP contribution in [0.5, 0.6) is 5.75 Å². The molecule has 1 fully saturated rings. The lowest BCUT2D eigenvalue weighted by atomic mass is 10.1. The van der Waals surface area contributed by atoms with Gasteiger partial charge in [-0.05, 0) is 24.2 Å².